The fourth-order valence-corrected chi connectivity index (χ4v) is 2.21. The van der Waals surface area contributed by atoms with Crippen molar-refractivity contribution in [2.45, 2.75) is 33.2 Å². The molecule has 96 valence electrons. The smallest absolute Gasteiger partial charge is 0.368 e. The number of phosphoric ester groups is 1. The van der Waals surface area contributed by atoms with E-state index in [0.717, 1.165) is 0 Å². The molecule has 1 aliphatic rings. The van der Waals surface area contributed by atoms with E-state index in [1.807, 2.05) is 20.8 Å². The van der Waals surface area contributed by atoms with E-state index >= 15 is 0 Å². The maximum atomic E-state index is 10.6. The summed E-state index contributed by atoms with van der Waals surface area (Å²) in [7, 11) is -4.48. The van der Waals surface area contributed by atoms with Crippen LogP contribution >= 0.6 is 7.82 Å². The Morgan fingerprint density at radius 2 is 1.75 bits per heavy atom. The van der Waals surface area contributed by atoms with Crippen LogP contribution in [0.15, 0.2) is 0 Å². The summed E-state index contributed by atoms with van der Waals surface area (Å²) in [5.74, 6) is 0.278. The van der Waals surface area contributed by atoms with Gasteiger partial charge in [0.1, 0.15) is 0 Å². The van der Waals surface area contributed by atoms with Crippen LogP contribution in [-0.2, 0) is 13.8 Å². The van der Waals surface area contributed by atoms with Crippen molar-refractivity contribution in [2.75, 3.05) is 6.61 Å². The molecule has 1 fully saturated rings. The standard InChI is InChI=1S/C9H19O6P/c1-5-6(2)8(4-14-16(11,12)13)15-9(10)7(5)3/h5-10H,4H2,1-3H3,(H2,11,12,13)/t5-,6-,7+,8+,9?/m0/s1. The third kappa shape index (κ3) is 3.52. The van der Waals surface area contributed by atoms with Gasteiger partial charge in [-0.2, -0.15) is 0 Å². The van der Waals surface area contributed by atoms with Gasteiger partial charge in [-0.15, -0.1) is 0 Å². The number of rotatable bonds is 3. The lowest BCUT2D eigenvalue weighted by molar-refractivity contribution is -0.231. The van der Waals surface area contributed by atoms with Gasteiger partial charge in [-0.3, -0.25) is 4.52 Å². The predicted octanol–water partition coefficient (Wildman–Crippen LogP) is 0.721. The maximum Gasteiger partial charge on any atom is 0.469 e. The highest BCUT2D eigenvalue weighted by atomic mass is 31.2. The SMILES string of the molecule is C[C@H]1[C@H](C)[C@@H](C)C(O)O[C@@H]1COP(=O)(O)O. The number of aliphatic hydroxyl groups excluding tert-OH is 1. The first-order valence-corrected chi connectivity index (χ1v) is 6.79. The Morgan fingerprint density at radius 3 is 2.25 bits per heavy atom. The zero-order valence-electron chi connectivity index (χ0n) is 9.61. The highest BCUT2D eigenvalue weighted by Crippen LogP contribution is 2.39. The van der Waals surface area contributed by atoms with Crippen molar-refractivity contribution in [2.24, 2.45) is 17.8 Å². The second-order valence-corrected chi connectivity index (χ2v) is 5.67. The minimum atomic E-state index is -4.48. The molecule has 0 radical (unpaired) electrons. The Labute approximate surface area is 94.8 Å². The van der Waals surface area contributed by atoms with E-state index < -0.39 is 20.2 Å². The van der Waals surface area contributed by atoms with Gasteiger partial charge in [-0.1, -0.05) is 20.8 Å². The van der Waals surface area contributed by atoms with E-state index in [-0.39, 0.29) is 24.4 Å². The lowest BCUT2D eigenvalue weighted by atomic mass is 9.79. The Kier molecular flexibility index (Phi) is 4.51. The number of ether oxygens (including phenoxy) is 1. The molecule has 0 saturated carbocycles. The van der Waals surface area contributed by atoms with Gasteiger partial charge in [0.2, 0.25) is 0 Å². The number of hydrogen-bond donors (Lipinski definition) is 3. The van der Waals surface area contributed by atoms with E-state index in [9.17, 15) is 9.67 Å². The van der Waals surface area contributed by atoms with Crippen LogP contribution in [0.2, 0.25) is 0 Å². The van der Waals surface area contributed by atoms with Gasteiger partial charge in [0, 0.05) is 5.92 Å². The van der Waals surface area contributed by atoms with Crippen LogP contribution in [0.3, 0.4) is 0 Å². The molecule has 0 aromatic heterocycles. The number of aliphatic hydroxyl groups is 1. The molecule has 0 spiro atoms. The highest BCUT2D eigenvalue weighted by Gasteiger charge is 2.39. The summed E-state index contributed by atoms with van der Waals surface area (Å²) in [4.78, 5) is 17.2. The van der Waals surface area contributed by atoms with Crippen molar-refractivity contribution in [3.05, 3.63) is 0 Å². The van der Waals surface area contributed by atoms with E-state index in [1.54, 1.807) is 0 Å². The van der Waals surface area contributed by atoms with Crippen molar-refractivity contribution < 1.29 is 28.7 Å². The van der Waals surface area contributed by atoms with Gasteiger partial charge in [-0.25, -0.2) is 4.57 Å². The molecule has 3 N–H and O–H groups in total. The highest BCUT2D eigenvalue weighted by molar-refractivity contribution is 7.46. The molecule has 1 saturated heterocycles. The van der Waals surface area contributed by atoms with Crippen LogP contribution in [0, 0.1) is 17.8 Å². The summed E-state index contributed by atoms with van der Waals surface area (Å²) in [6, 6.07) is 0. The van der Waals surface area contributed by atoms with Gasteiger partial charge < -0.3 is 19.6 Å². The third-order valence-electron chi connectivity index (χ3n) is 3.42. The van der Waals surface area contributed by atoms with Crippen molar-refractivity contribution in [1.82, 2.24) is 0 Å². The predicted molar refractivity (Wildman–Crippen MR) is 56.4 cm³/mol. The number of phosphoric acid groups is 1. The molecule has 1 aliphatic heterocycles. The van der Waals surface area contributed by atoms with Gasteiger partial charge in [0.25, 0.3) is 0 Å². The van der Waals surface area contributed by atoms with Crippen molar-refractivity contribution >= 4 is 7.82 Å². The normalized spacial score (nSPS) is 41.0. The quantitative estimate of drug-likeness (QED) is 0.642. The first-order valence-electron chi connectivity index (χ1n) is 5.26. The van der Waals surface area contributed by atoms with E-state index in [2.05, 4.69) is 4.52 Å². The average molecular weight is 254 g/mol. The molecule has 1 rings (SSSR count). The van der Waals surface area contributed by atoms with Gasteiger partial charge in [-0.05, 0) is 11.8 Å². The zero-order chi connectivity index (χ0) is 12.5. The van der Waals surface area contributed by atoms with Crippen molar-refractivity contribution in [3.8, 4) is 0 Å². The van der Waals surface area contributed by atoms with Crippen LogP contribution in [0.4, 0.5) is 0 Å². The molecule has 0 bridgehead atoms. The summed E-state index contributed by atoms with van der Waals surface area (Å²) in [6.07, 6.45) is -1.40. The summed E-state index contributed by atoms with van der Waals surface area (Å²) in [6.45, 7) is 5.57. The summed E-state index contributed by atoms with van der Waals surface area (Å²) >= 11 is 0. The lowest BCUT2D eigenvalue weighted by Gasteiger charge is -2.41. The Hall–Kier alpha value is 0.0300. The van der Waals surface area contributed by atoms with Crippen molar-refractivity contribution in [1.29, 1.82) is 0 Å². The number of hydrogen-bond acceptors (Lipinski definition) is 4. The fourth-order valence-electron chi connectivity index (χ4n) is 1.87. The Bertz CT molecular complexity index is 277. The van der Waals surface area contributed by atoms with Crippen LogP contribution in [-0.4, -0.2) is 33.9 Å². The zero-order valence-corrected chi connectivity index (χ0v) is 10.5. The lowest BCUT2D eigenvalue weighted by Crippen LogP contribution is -2.46. The molecule has 0 aromatic rings. The monoisotopic (exact) mass is 254 g/mol. The molecular weight excluding hydrogens is 235 g/mol. The van der Waals surface area contributed by atoms with E-state index in [4.69, 9.17) is 14.5 Å². The summed E-state index contributed by atoms with van der Waals surface area (Å²) in [5.41, 5.74) is 0. The molecular formula is C9H19O6P. The average Bonchev–Trinajstić information content (AvgIpc) is 2.17. The second-order valence-electron chi connectivity index (χ2n) is 4.43. The molecule has 1 heterocycles. The van der Waals surface area contributed by atoms with Gasteiger partial charge in [0.15, 0.2) is 6.29 Å². The Morgan fingerprint density at radius 1 is 1.19 bits per heavy atom. The summed E-state index contributed by atoms with van der Waals surface area (Å²) < 4.78 is 20.2. The minimum Gasteiger partial charge on any atom is -0.368 e. The molecule has 5 atom stereocenters. The van der Waals surface area contributed by atoms with E-state index in [0.29, 0.717) is 0 Å². The first-order chi connectivity index (χ1) is 7.22. The molecule has 16 heavy (non-hydrogen) atoms. The largest absolute Gasteiger partial charge is 0.469 e. The summed E-state index contributed by atoms with van der Waals surface area (Å²) in [5, 5.41) is 9.59. The fraction of sp³-hybridized carbons (Fsp3) is 1.00. The molecule has 0 amide bonds. The first kappa shape index (κ1) is 14.1. The molecule has 6 nitrogen and oxygen atoms in total. The Balaban J connectivity index is 2.57. The minimum absolute atomic E-state index is 0.00121. The molecule has 0 aliphatic carbocycles. The molecule has 0 aromatic carbocycles. The second kappa shape index (κ2) is 5.12. The van der Waals surface area contributed by atoms with Crippen LogP contribution in [0.25, 0.3) is 0 Å². The maximum absolute atomic E-state index is 10.6. The van der Waals surface area contributed by atoms with Crippen LogP contribution in [0.5, 0.6) is 0 Å². The van der Waals surface area contributed by atoms with Crippen molar-refractivity contribution in [3.63, 3.8) is 0 Å². The third-order valence-corrected chi connectivity index (χ3v) is 3.90. The molecule has 1 unspecified atom stereocenters. The van der Waals surface area contributed by atoms with Gasteiger partial charge in [0.05, 0.1) is 12.7 Å². The molecule has 7 heteroatoms. The van der Waals surface area contributed by atoms with Crippen LogP contribution in [0.1, 0.15) is 20.8 Å². The van der Waals surface area contributed by atoms with Gasteiger partial charge >= 0.3 is 7.82 Å². The van der Waals surface area contributed by atoms with E-state index in [1.165, 1.54) is 0 Å². The van der Waals surface area contributed by atoms with Crippen LogP contribution < -0.4 is 0 Å². The topological polar surface area (TPSA) is 96.2 Å².